The molecular weight excluding hydrogens is 428 g/mol. The van der Waals surface area contributed by atoms with Gasteiger partial charge >= 0.3 is 11.9 Å². The summed E-state index contributed by atoms with van der Waals surface area (Å²) < 4.78 is 5.76. The van der Waals surface area contributed by atoms with E-state index in [0.29, 0.717) is 12.8 Å². The third kappa shape index (κ3) is 3.49. The standard InChI is InChI=1S/C25H32O8/c1-23-9-7-15(27)11-14(23)3-4-16-17-8-10-25(19(29)13-26,33-21(32)6-5-20(30)31)24(17,2)12-18(28)22(16)23/h7,9,11,16-18,22,26,28H,3-6,8,10,12-13H2,1-2H3,(H,30,31)/t16?,17?,18-,22?,23-,24-,25-/m0/s1. The van der Waals surface area contributed by atoms with Gasteiger partial charge in [-0.05, 0) is 56.1 Å². The number of aliphatic hydroxyl groups excluding tert-OH is 2. The molecule has 3 unspecified atom stereocenters. The van der Waals surface area contributed by atoms with Crippen LogP contribution in [0, 0.1) is 28.6 Å². The minimum absolute atomic E-state index is 0.0296. The molecule has 0 aliphatic heterocycles. The second-order valence-electron chi connectivity index (χ2n) is 10.5. The molecule has 180 valence electrons. The molecule has 8 heteroatoms. The van der Waals surface area contributed by atoms with Crippen molar-refractivity contribution in [1.82, 2.24) is 0 Å². The monoisotopic (exact) mass is 460 g/mol. The highest BCUT2D eigenvalue weighted by Crippen LogP contribution is 2.67. The predicted octanol–water partition coefficient (Wildman–Crippen LogP) is 1.97. The fraction of sp³-hybridized carbons (Fsp3) is 0.680. The van der Waals surface area contributed by atoms with Crippen LogP contribution in [-0.4, -0.2) is 57.1 Å². The van der Waals surface area contributed by atoms with Crippen LogP contribution < -0.4 is 0 Å². The van der Waals surface area contributed by atoms with E-state index in [4.69, 9.17) is 9.84 Å². The number of hydrogen-bond donors (Lipinski definition) is 3. The number of carboxylic acid groups (broad SMARTS) is 1. The Morgan fingerprint density at radius 3 is 2.58 bits per heavy atom. The van der Waals surface area contributed by atoms with Crippen molar-refractivity contribution in [2.45, 2.75) is 70.5 Å². The molecule has 7 atom stereocenters. The zero-order valence-corrected chi connectivity index (χ0v) is 19.1. The Kier molecular flexibility index (Phi) is 5.90. The number of fused-ring (bicyclic) bond motifs is 5. The SMILES string of the molecule is C[C@]12C=CC(=O)C=C1CCC1C2[C@@H](O)C[C@@]2(C)C1CC[C@]2(OC(=O)CCC(=O)O)C(=O)CO. The molecule has 3 saturated carbocycles. The second kappa shape index (κ2) is 8.17. The van der Waals surface area contributed by atoms with Gasteiger partial charge in [0, 0.05) is 16.7 Å². The first-order valence-corrected chi connectivity index (χ1v) is 11.7. The van der Waals surface area contributed by atoms with E-state index in [-0.39, 0.29) is 42.8 Å². The van der Waals surface area contributed by atoms with Gasteiger partial charge in [-0.3, -0.25) is 19.2 Å². The number of hydrogen-bond acceptors (Lipinski definition) is 7. The van der Waals surface area contributed by atoms with Crippen molar-refractivity contribution in [3.63, 3.8) is 0 Å². The van der Waals surface area contributed by atoms with Gasteiger partial charge in [-0.1, -0.05) is 25.5 Å². The van der Waals surface area contributed by atoms with Crippen molar-refractivity contribution in [3.05, 3.63) is 23.8 Å². The minimum atomic E-state index is -1.59. The van der Waals surface area contributed by atoms with Gasteiger partial charge in [0.1, 0.15) is 6.61 Å². The first-order chi connectivity index (χ1) is 15.5. The maximum atomic E-state index is 13.1. The average Bonchev–Trinajstić information content (AvgIpc) is 3.04. The van der Waals surface area contributed by atoms with Crippen LogP contribution in [-0.2, 0) is 23.9 Å². The molecule has 0 amide bonds. The lowest BCUT2D eigenvalue weighted by Crippen LogP contribution is -2.63. The highest BCUT2D eigenvalue weighted by molar-refractivity contribution is 6.01. The van der Waals surface area contributed by atoms with Crippen LogP contribution >= 0.6 is 0 Å². The molecule has 0 aromatic heterocycles. The molecule has 4 aliphatic carbocycles. The number of carbonyl (C=O) groups excluding carboxylic acids is 3. The molecular formula is C25H32O8. The van der Waals surface area contributed by atoms with Gasteiger partial charge in [0.15, 0.2) is 11.4 Å². The molecule has 8 nitrogen and oxygen atoms in total. The Hall–Kier alpha value is -2.32. The number of carboxylic acids is 1. The number of aliphatic hydroxyl groups is 2. The van der Waals surface area contributed by atoms with Gasteiger partial charge in [-0.15, -0.1) is 0 Å². The van der Waals surface area contributed by atoms with Crippen LogP contribution in [0.5, 0.6) is 0 Å². The first kappa shape index (κ1) is 23.8. The van der Waals surface area contributed by atoms with E-state index in [9.17, 15) is 29.4 Å². The molecule has 3 fully saturated rings. The van der Waals surface area contributed by atoms with Gasteiger partial charge in [0.05, 0.1) is 18.9 Å². The molecule has 0 radical (unpaired) electrons. The van der Waals surface area contributed by atoms with E-state index >= 15 is 0 Å². The lowest BCUT2D eigenvalue weighted by Gasteiger charge is -2.59. The second-order valence-corrected chi connectivity index (χ2v) is 10.5. The summed E-state index contributed by atoms with van der Waals surface area (Å²) in [5.41, 5.74) is -1.92. The smallest absolute Gasteiger partial charge is 0.307 e. The Labute approximate surface area is 192 Å². The van der Waals surface area contributed by atoms with Gasteiger partial charge in [-0.2, -0.15) is 0 Å². The quantitative estimate of drug-likeness (QED) is 0.512. The lowest BCUT2D eigenvalue weighted by molar-refractivity contribution is -0.200. The molecule has 33 heavy (non-hydrogen) atoms. The molecule has 4 aliphatic rings. The Morgan fingerprint density at radius 1 is 1.18 bits per heavy atom. The first-order valence-electron chi connectivity index (χ1n) is 11.7. The van der Waals surface area contributed by atoms with Crippen molar-refractivity contribution in [1.29, 1.82) is 0 Å². The summed E-state index contributed by atoms with van der Waals surface area (Å²) >= 11 is 0. The van der Waals surface area contributed by atoms with Crippen LogP contribution in [0.15, 0.2) is 23.8 Å². The lowest BCUT2D eigenvalue weighted by atomic mass is 9.46. The Bertz CT molecular complexity index is 950. The number of aliphatic carboxylic acids is 1. The van der Waals surface area contributed by atoms with E-state index in [1.54, 1.807) is 12.2 Å². The number of ketones is 2. The van der Waals surface area contributed by atoms with E-state index in [1.165, 1.54) is 0 Å². The molecule has 4 rings (SSSR count). The number of ether oxygens (including phenoxy) is 1. The number of carbonyl (C=O) groups is 4. The molecule has 3 N–H and O–H groups in total. The third-order valence-electron chi connectivity index (χ3n) is 9.04. The fourth-order valence-corrected chi connectivity index (χ4v) is 7.58. The molecule has 0 aromatic rings. The normalized spacial score (nSPS) is 41.5. The molecule has 0 heterocycles. The van der Waals surface area contributed by atoms with E-state index in [0.717, 1.165) is 12.0 Å². The van der Waals surface area contributed by atoms with Gasteiger partial charge in [0.2, 0.25) is 5.78 Å². The Balaban J connectivity index is 1.69. The van der Waals surface area contributed by atoms with E-state index in [2.05, 4.69) is 6.92 Å². The highest BCUT2D eigenvalue weighted by Gasteiger charge is 2.70. The van der Waals surface area contributed by atoms with Crippen LogP contribution in [0.3, 0.4) is 0 Å². The van der Waals surface area contributed by atoms with Crippen LogP contribution in [0.2, 0.25) is 0 Å². The molecule has 0 aromatic carbocycles. The Morgan fingerprint density at radius 2 is 1.91 bits per heavy atom. The van der Waals surface area contributed by atoms with Crippen molar-refractivity contribution >= 4 is 23.5 Å². The summed E-state index contributed by atoms with van der Waals surface area (Å²) in [6.45, 7) is 3.11. The van der Waals surface area contributed by atoms with Gasteiger partial charge in [0.25, 0.3) is 0 Å². The largest absolute Gasteiger partial charge is 0.481 e. The molecule has 0 bridgehead atoms. The minimum Gasteiger partial charge on any atom is -0.481 e. The zero-order chi connectivity index (χ0) is 24.2. The summed E-state index contributed by atoms with van der Waals surface area (Å²) in [5, 5.41) is 30.1. The third-order valence-corrected chi connectivity index (χ3v) is 9.04. The topological polar surface area (TPSA) is 138 Å². The van der Waals surface area contributed by atoms with E-state index < -0.39 is 53.3 Å². The summed E-state index contributed by atoms with van der Waals surface area (Å²) in [6.07, 6.45) is 6.07. The summed E-state index contributed by atoms with van der Waals surface area (Å²) in [4.78, 5) is 48.5. The van der Waals surface area contributed by atoms with Crippen LogP contribution in [0.1, 0.15) is 58.8 Å². The van der Waals surface area contributed by atoms with Crippen molar-refractivity contribution in [3.8, 4) is 0 Å². The fourth-order valence-electron chi connectivity index (χ4n) is 7.58. The van der Waals surface area contributed by atoms with Gasteiger partial charge in [-0.25, -0.2) is 0 Å². The van der Waals surface area contributed by atoms with Crippen molar-refractivity contribution in [2.24, 2.45) is 28.6 Å². The molecule has 0 saturated heterocycles. The number of allylic oxidation sites excluding steroid dienone is 4. The highest BCUT2D eigenvalue weighted by atomic mass is 16.6. The van der Waals surface area contributed by atoms with Crippen molar-refractivity contribution < 1.29 is 39.2 Å². The van der Waals surface area contributed by atoms with Crippen LogP contribution in [0.25, 0.3) is 0 Å². The van der Waals surface area contributed by atoms with E-state index in [1.807, 2.05) is 13.0 Å². The average molecular weight is 461 g/mol. The maximum Gasteiger partial charge on any atom is 0.307 e. The zero-order valence-electron chi connectivity index (χ0n) is 19.1. The number of esters is 1. The summed E-state index contributed by atoms with van der Waals surface area (Å²) in [5.74, 6) is -2.69. The summed E-state index contributed by atoms with van der Waals surface area (Å²) in [7, 11) is 0. The summed E-state index contributed by atoms with van der Waals surface area (Å²) in [6, 6.07) is 0. The number of rotatable bonds is 6. The maximum absolute atomic E-state index is 13.1. The predicted molar refractivity (Wildman–Crippen MR) is 116 cm³/mol. The number of Topliss-reactive ketones (excluding diaryl/α,β-unsaturated/α-hetero) is 1. The van der Waals surface area contributed by atoms with Crippen molar-refractivity contribution in [2.75, 3.05) is 6.61 Å². The van der Waals surface area contributed by atoms with Gasteiger partial charge < -0.3 is 20.1 Å². The molecule has 0 spiro atoms. The van der Waals surface area contributed by atoms with Crippen LogP contribution in [0.4, 0.5) is 0 Å².